The van der Waals surface area contributed by atoms with E-state index in [4.69, 9.17) is 10.5 Å². The second kappa shape index (κ2) is 14.2. The van der Waals surface area contributed by atoms with E-state index in [1.54, 1.807) is 13.1 Å². The number of carbonyl (C=O) groups is 2. The van der Waals surface area contributed by atoms with Crippen LogP contribution in [0.2, 0.25) is 0 Å². The molecule has 1 amide bonds. The van der Waals surface area contributed by atoms with Crippen LogP contribution in [0.4, 0.5) is 14.6 Å². The Hall–Kier alpha value is -4.68. The molecule has 10 nitrogen and oxygen atoms in total. The van der Waals surface area contributed by atoms with Gasteiger partial charge in [0.1, 0.15) is 23.5 Å². The number of anilines is 1. The zero-order chi connectivity index (χ0) is 33.9. The maximum Gasteiger partial charge on any atom is 0.323 e. The van der Waals surface area contributed by atoms with Gasteiger partial charge in [-0.2, -0.15) is 5.10 Å². The maximum atomic E-state index is 15.2. The molecule has 4 aromatic rings. The largest absolute Gasteiger partial charge is 0.468 e. The van der Waals surface area contributed by atoms with Crippen LogP contribution in [0.1, 0.15) is 23.5 Å². The molecule has 0 radical (unpaired) electrons. The van der Waals surface area contributed by atoms with Crippen LogP contribution in [0, 0.1) is 17.6 Å². The summed E-state index contributed by atoms with van der Waals surface area (Å²) in [7, 11) is 2.92. The summed E-state index contributed by atoms with van der Waals surface area (Å²) in [5.74, 6) is -2.72. The Bertz CT molecular complexity index is 1870. The van der Waals surface area contributed by atoms with Gasteiger partial charge in [0.2, 0.25) is 5.91 Å². The number of hydrogen-bond donors (Lipinski definition) is 1. The first-order chi connectivity index (χ1) is 23.2. The first-order valence-corrected chi connectivity index (χ1v) is 16.2. The number of methoxy groups -OCH3 is 1. The van der Waals surface area contributed by atoms with E-state index in [-0.39, 0.29) is 42.1 Å². The number of halogens is 2. The number of amides is 1. The molecule has 48 heavy (non-hydrogen) atoms. The van der Waals surface area contributed by atoms with Gasteiger partial charge in [-0.15, -0.1) is 0 Å². The van der Waals surface area contributed by atoms with Crippen molar-refractivity contribution in [2.24, 2.45) is 18.7 Å². The van der Waals surface area contributed by atoms with Crippen LogP contribution in [-0.4, -0.2) is 89.9 Å². The Morgan fingerprint density at radius 1 is 0.979 bits per heavy atom. The van der Waals surface area contributed by atoms with Gasteiger partial charge in [-0.25, -0.2) is 13.5 Å². The number of aromatic nitrogens is 2. The molecule has 0 saturated carbocycles. The van der Waals surface area contributed by atoms with E-state index >= 15 is 4.39 Å². The molecule has 6 rings (SSSR count). The molecule has 0 aliphatic carbocycles. The molecule has 0 bridgehead atoms. The van der Waals surface area contributed by atoms with E-state index in [1.807, 2.05) is 46.2 Å². The molecule has 2 aliphatic heterocycles. The fourth-order valence-electron chi connectivity index (χ4n) is 7.21. The smallest absolute Gasteiger partial charge is 0.323 e. The molecule has 2 aliphatic rings. The van der Waals surface area contributed by atoms with Crippen molar-refractivity contribution in [2.45, 2.75) is 30.8 Å². The molecule has 3 aromatic carbocycles. The molecule has 2 saturated heterocycles. The molecular formula is C36H40F2N6O4. The summed E-state index contributed by atoms with van der Waals surface area (Å²) in [5, 5.41) is 6.56. The van der Waals surface area contributed by atoms with Crippen LogP contribution >= 0.6 is 0 Å². The SMILES string of the molecule is COC(=O)[C@H](Cc1ccc2ccccc2c1)N1CCN(C(=O)[C@@H]2CN(c3ccc(=O)n(C)n3)C[C@H]2c2ccc(F)cc2F)[C@@H](CCN)C1. The minimum Gasteiger partial charge on any atom is -0.468 e. The molecule has 2 N–H and O–H groups in total. The summed E-state index contributed by atoms with van der Waals surface area (Å²) < 4.78 is 35.6. The third-order valence-corrected chi connectivity index (χ3v) is 9.72. The number of piperazine rings is 1. The van der Waals surface area contributed by atoms with Crippen LogP contribution < -0.4 is 16.2 Å². The molecule has 4 atom stereocenters. The van der Waals surface area contributed by atoms with Gasteiger partial charge in [-0.1, -0.05) is 48.5 Å². The highest BCUT2D eigenvalue weighted by molar-refractivity contribution is 5.84. The zero-order valence-corrected chi connectivity index (χ0v) is 27.1. The van der Waals surface area contributed by atoms with Gasteiger partial charge in [0.25, 0.3) is 5.56 Å². The molecule has 0 unspecified atom stereocenters. The van der Waals surface area contributed by atoms with E-state index in [0.29, 0.717) is 44.8 Å². The number of benzene rings is 3. The molecule has 3 heterocycles. The predicted octanol–water partition coefficient (Wildman–Crippen LogP) is 3.08. The lowest BCUT2D eigenvalue weighted by atomic mass is 9.86. The summed E-state index contributed by atoms with van der Waals surface area (Å²) >= 11 is 0. The van der Waals surface area contributed by atoms with Crippen LogP contribution in [0.5, 0.6) is 0 Å². The van der Waals surface area contributed by atoms with E-state index in [0.717, 1.165) is 22.4 Å². The monoisotopic (exact) mass is 658 g/mol. The van der Waals surface area contributed by atoms with Gasteiger partial charge >= 0.3 is 5.97 Å². The highest BCUT2D eigenvalue weighted by atomic mass is 19.1. The first kappa shape index (κ1) is 33.2. The molecule has 252 valence electrons. The average Bonchev–Trinajstić information content (AvgIpc) is 3.53. The number of aryl methyl sites for hydroxylation is 1. The summed E-state index contributed by atoms with van der Waals surface area (Å²) in [4.78, 5) is 45.4. The Kier molecular flexibility index (Phi) is 9.83. The molecule has 2 fully saturated rings. The van der Waals surface area contributed by atoms with Crippen molar-refractivity contribution >= 4 is 28.5 Å². The predicted molar refractivity (Wildman–Crippen MR) is 178 cm³/mol. The molecular weight excluding hydrogens is 618 g/mol. The van der Waals surface area contributed by atoms with Crippen molar-refractivity contribution in [3.05, 3.63) is 106 Å². The van der Waals surface area contributed by atoms with Crippen LogP contribution in [0.3, 0.4) is 0 Å². The highest BCUT2D eigenvalue weighted by Gasteiger charge is 2.45. The summed E-state index contributed by atoms with van der Waals surface area (Å²) in [6.07, 6.45) is 0.942. The van der Waals surface area contributed by atoms with Crippen molar-refractivity contribution in [1.82, 2.24) is 19.6 Å². The van der Waals surface area contributed by atoms with Gasteiger partial charge in [0, 0.05) is 63.9 Å². The maximum absolute atomic E-state index is 15.2. The zero-order valence-electron chi connectivity index (χ0n) is 27.1. The van der Waals surface area contributed by atoms with Gasteiger partial charge in [-0.05, 0) is 53.4 Å². The fourth-order valence-corrected chi connectivity index (χ4v) is 7.21. The lowest BCUT2D eigenvalue weighted by molar-refractivity contribution is -0.150. The molecule has 0 spiro atoms. The Labute approximate surface area is 277 Å². The standard InChI is InChI=1S/C36H40F2N6O4/c1-41-34(45)12-11-33(40-41)43-21-29(28-10-9-26(37)19-31(28)38)30(22-43)35(46)44-16-15-42(20-27(44)13-14-39)32(36(47)48-2)18-23-7-8-24-5-3-4-6-25(24)17-23/h3-12,17,19,27,29-30,32H,13-16,18,20-22,39H2,1-2H3/t27-,29-,30+,32-/m0/s1. The summed E-state index contributed by atoms with van der Waals surface area (Å²) in [6.45, 7) is 1.97. The normalized spacial score (nSPS) is 20.6. The van der Waals surface area contributed by atoms with E-state index in [9.17, 15) is 18.8 Å². The number of nitrogens with zero attached hydrogens (tertiary/aromatic N) is 5. The van der Waals surface area contributed by atoms with Crippen LogP contribution in [0.15, 0.2) is 77.6 Å². The van der Waals surface area contributed by atoms with Gasteiger partial charge < -0.3 is 20.3 Å². The number of ether oxygens (including phenoxy) is 1. The summed E-state index contributed by atoms with van der Waals surface area (Å²) in [5.41, 5.74) is 7.03. The molecule has 12 heteroatoms. The van der Waals surface area contributed by atoms with Gasteiger partial charge in [0.15, 0.2) is 0 Å². The number of nitrogens with two attached hydrogens (primary N) is 1. The third-order valence-electron chi connectivity index (χ3n) is 9.72. The van der Waals surface area contributed by atoms with E-state index < -0.39 is 29.5 Å². The van der Waals surface area contributed by atoms with Crippen molar-refractivity contribution < 1.29 is 23.1 Å². The second-order valence-corrected chi connectivity index (χ2v) is 12.6. The first-order valence-electron chi connectivity index (χ1n) is 16.2. The minimum atomic E-state index is -0.717. The number of esters is 1. The van der Waals surface area contributed by atoms with Crippen molar-refractivity contribution in [3.8, 4) is 0 Å². The quantitative estimate of drug-likeness (QED) is 0.273. The lowest BCUT2D eigenvalue weighted by Gasteiger charge is -2.45. The van der Waals surface area contributed by atoms with Crippen LogP contribution in [0.25, 0.3) is 10.8 Å². The Morgan fingerprint density at radius 2 is 1.77 bits per heavy atom. The van der Waals surface area contributed by atoms with E-state index in [1.165, 1.54) is 30.0 Å². The number of carbonyl (C=O) groups excluding carboxylic acids is 2. The van der Waals surface area contributed by atoms with Crippen molar-refractivity contribution in [3.63, 3.8) is 0 Å². The topological polar surface area (TPSA) is 114 Å². The Balaban J connectivity index is 1.26. The van der Waals surface area contributed by atoms with Gasteiger partial charge in [0.05, 0.1) is 13.0 Å². The second-order valence-electron chi connectivity index (χ2n) is 12.6. The van der Waals surface area contributed by atoms with Gasteiger partial charge in [-0.3, -0.25) is 19.3 Å². The highest BCUT2D eigenvalue weighted by Crippen LogP contribution is 2.38. The molecule has 1 aromatic heterocycles. The fraction of sp³-hybridized carbons (Fsp3) is 0.389. The number of rotatable bonds is 9. The van der Waals surface area contributed by atoms with Crippen LogP contribution in [-0.2, 0) is 27.8 Å². The third kappa shape index (κ3) is 6.81. The summed E-state index contributed by atoms with van der Waals surface area (Å²) in [6, 6.07) is 19.8. The van der Waals surface area contributed by atoms with E-state index in [2.05, 4.69) is 16.1 Å². The number of fused-ring (bicyclic) bond motifs is 1. The lowest BCUT2D eigenvalue weighted by Crippen LogP contribution is -2.61. The Morgan fingerprint density at radius 3 is 2.50 bits per heavy atom. The van der Waals surface area contributed by atoms with Crippen molar-refractivity contribution in [2.75, 3.05) is 51.3 Å². The minimum absolute atomic E-state index is 0.168. The number of hydrogen-bond acceptors (Lipinski definition) is 8. The van der Waals surface area contributed by atoms with Crippen molar-refractivity contribution in [1.29, 1.82) is 0 Å². The average molecular weight is 659 g/mol.